The molecule has 6 heteroatoms. The van der Waals surface area contributed by atoms with Crippen molar-refractivity contribution in [2.45, 2.75) is 26.7 Å². The largest absolute Gasteiger partial charge is 0.493 e. The van der Waals surface area contributed by atoms with Crippen molar-refractivity contribution < 1.29 is 14.3 Å². The van der Waals surface area contributed by atoms with Gasteiger partial charge >= 0.3 is 0 Å². The normalized spacial score (nSPS) is 16.2. The van der Waals surface area contributed by atoms with Crippen LogP contribution in [0.3, 0.4) is 0 Å². The standard InChI is InChI=1S/C18H22N2O3S/c1-11-12(2)24-16(20-11)7-8-19-18(21)14-9-13-5-4-6-15(22-3)17(13)23-10-14/h4-6,14H,7-10H2,1-3H3,(H,19,21). The number of aryl methyl sites for hydroxylation is 2. The van der Waals surface area contributed by atoms with Crippen molar-refractivity contribution in [2.75, 3.05) is 20.3 Å². The van der Waals surface area contributed by atoms with E-state index in [0.717, 1.165) is 34.2 Å². The van der Waals surface area contributed by atoms with Crippen molar-refractivity contribution in [1.82, 2.24) is 10.3 Å². The van der Waals surface area contributed by atoms with E-state index < -0.39 is 0 Å². The van der Waals surface area contributed by atoms with Crippen LogP contribution in [0, 0.1) is 19.8 Å². The first-order valence-electron chi connectivity index (χ1n) is 8.07. The van der Waals surface area contributed by atoms with Crippen LogP contribution in [0.2, 0.25) is 0 Å². The lowest BCUT2D eigenvalue weighted by atomic mass is 9.95. The molecule has 128 valence electrons. The molecular weight excluding hydrogens is 324 g/mol. The molecule has 5 nitrogen and oxygen atoms in total. The number of ether oxygens (including phenoxy) is 2. The number of thiazole rings is 1. The topological polar surface area (TPSA) is 60.5 Å². The Hall–Kier alpha value is -2.08. The van der Waals surface area contributed by atoms with Gasteiger partial charge in [-0.15, -0.1) is 11.3 Å². The number of fused-ring (bicyclic) bond motifs is 1. The Labute approximate surface area is 146 Å². The molecule has 1 aromatic heterocycles. The summed E-state index contributed by atoms with van der Waals surface area (Å²) in [4.78, 5) is 18.1. The molecule has 1 aliphatic heterocycles. The van der Waals surface area contributed by atoms with Crippen molar-refractivity contribution in [1.29, 1.82) is 0 Å². The van der Waals surface area contributed by atoms with Gasteiger partial charge in [0, 0.05) is 17.8 Å². The zero-order valence-electron chi connectivity index (χ0n) is 14.2. The first-order valence-corrected chi connectivity index (χ1v) is 8.89. The lowest BCUT2D eigenvalue weighted by molar-refractivity contribution is -0.126. The van der Waals surface area contributed by atoms with Gasteiger partial charge in [0.05, 0.1) is 23.7 Å². The average Bonchev–Trinajstić information content (AvgIpc) is 2.91. The van der Waals surface area contributed by atoms with Gasteiger partial charge < -0.3 is 14.8 Å². The molecule has 1 N–H and O–H groups in total. The number of nitrogens with zero attached hydrogens (tertiary/aromatic N) is 1. The summed E-state index contributed by atoms with van der Waals surface area (Å²) in [5.41, 5.74) is 2.10. The van der Waals surface area contributed by atoms with Gasteiger partial charge in [0.2, 0.25) is 5.91 Å². The van der Waals surface area contributed by atoms with Crippen molar-refractivity contribution in [2.24, 2.45) is 5.92 Å². The van der Waals surface area contributed by atoms with Crippen LogP contribution >= 0.6 is 11.3 Å². The number of para-hydroxylation sites is 1. The zero-order chi connectivity index (χ0) is 17.1. The maximum Gasteiger partial charge on any atom is 0.226 e. The fourth-order valence-electron chi connectivity index (χ4n) is 2.81. The highest BCUT2D eigenvalue weighted by molar-refractivity contribution is 7.11. The summed E-state index contributed by atoms with van der Waals surface area (Å²) in [5.74, 6) is 1.36. The summed E-state index contributed by atoms with van der Waals surface area (Å²) in [5, 5.41) is 4.08. The summed E-state index contributed by atoms with van der Waals surface area (Å²) in [6.45, 7) is 5.07. The number of hydrogen-bond donors (Lipinski definition) is 1. The highest BCUT2D eigenvalue weighted by atomic mass is 32.1. The Bertz CT molecular complexity index is 722. The van der Waals surface area contributed by atoms with Crippen LogP contribution in [0.25, 0.3) is 0 Å². The number of benzene rings is 1. The molecule has 1 amide bonds. The second-order valence-corrected chi connectivity index (χ2v) is 7.24. The SMILES string of the molecule is COc1cccc2c1OCC(C(=O)NCCc1nc(C)c(C)s1)C2. The second-order valence-electron chi connectivity index (χ2n) is 5.95. The Morgan fingerprint density at radius 2 is 2.29 bits per heavy atom. The molecule has 1 unspecified atom stereocenters. The van der Waals surface area contributed by atoms with Gasteiger partial charge in [0.1, 0.15) is 6.61 Å². The molecule has 0 aliphatic carbocycles. The number of methoxy groups -OCH3 is 1. The Balaban J connectivity index is 1.54. The highest BCUT2D eigenvalue weighted by Gasteiger charge is 2.27. The van der Waals surface area contributed by atoms with Gasteiger partial charge in [-0.3, -0.25) is 4.79 Å². The first-order chi connectivity index (χ1) is 11.6. The van der Waals surface area contributed by atoms with Crippen LogP contribution in [0.1, 0.15) is 21.1 Å². The first kappa shape index (κ1) is 16.8. The monoisotopic (exact) mass is 346 g/mol. The maximum atomic E-state index is 12.4. The quantitative estimate of drug-likeness (QED) is 0.904. The van der Waals surface area contributed by atoms with Crippen molar-refractivity contribution in [3.8, 4) is 11.5 Å². The molecule has 0 radical (unpaired) electrons. The van der Waals surface area contributed by atoms with E-state index in [0.29, 0.717) is 19.6 Å². The number of hydrogen-bond acceptors (Lipinski definition) is 5. The minimum atomic E-state index is -0.163. The third kappa shape index (κ3) is 3.53. The van der Waals surface area contributed by atoms with Crippen LogP contribution in [0.5, 0.6) is 11.5 Å². The third-order valence-corrected chi connectivity index (χ3v) is 5.39. The predicted octanol–water partition coefficient (Wildman–Crippen LogP) is 2.68. The molecule has 24 heavy (non-hydrogen) atoms. The smallest absolute Gasteiger partial charge is 0.226 e. The van der Waals surface area contributed by atoms with Gasteiger partial charge in [0.25, 0.3) is 0 Å². The van der Waals surface area contributed by atoms with Crippen LogP contribution in [0.4, 0.5) is 0 Å². The molecule has 1 aromatic carbocycles. The molecular formula is C18H22N2O3S. The van der Waals surface area contributed by atoms with E-state index in [1.165, 1.54) is 4.88 Å². The Morgan fingerprint density at radius 3 is 3.00 bits per heavy atom. The molecule has 0 saturated carbocycles. The molecule has 2 aromatic rings. The number of carbonyl (C=O) groups is 1. The number of rotatable bonds is 5. The van der Waals surface area contributed by atoms with Crippen LogP contribution in [-0.2, 0) is 17.6 Å². The van der Waals surface area contributed by atoms with Crippen LogP contribution in [-0.4, -0.2) is 31.2 Å². The lowest BCUT2D eigenvalue weighted by Crippen LogP contribution is -2.38. The summed E-state index contributed by atoms with van der Waals surface area (Å²) >= 11 is 1.70. The van der Waals surface area contributed by atoms with E-state index in [2.05, 4.69) is 17.2 Å². The molecule has 2 heterocycles. The lowest BCUT2D eigenvalue weighted by Gasteiger charge is -2.25. The fourth-order valence-corrected chi connectivity index (χ4v) is 3.74. The number of amides is 1. The fraction of sp³-hybridized carbons (Fsp3) is 0.444. The summed E-state index contributed by atoms with van der Waals surface area (Å²) in [7, 11) is 1.62. The number of nitrogens with one attached hydrogen (secondary N) is 1. The van der Waals surface area contributed by atoms with E-state index in [9.17, 15) is 4.79 Å². The predicted molar refractivity (Wildman–Crippen MR) is 94.0 cm³/mol. The van der Waals surface area contributed by atoms with Crippen molar-refractivity contribution in [3.05, 3.63) is 39.3 Å². The van der Waals surface area contributed by atoms with E-state index >= 15 is 0 Å². The van der Waals surface area contributed by atoms with E-state index in [1.807, 2.05) is 25.1 Å². The molecule has 3 rings (SSSR count). The van der Waals surface area contributed by atoms with Crippen molar-refractivity contribution in [3.63, 3.8) is 0 Å². The summed E-state index contributed by atoms with van der Waals surface area (Å²) in [6.07, 6.45) is 1.44. The molecule has 1 aliphatic rings. The molecule has 0 bridgehead atoms. The van der Waals surface area contributed by atoms with E-state index in [-0.39, 0.29) is 11.8 Å². The number of aromatic nitrogens is 1. The molecule has 0 spiro atoms. The van der Waals surface area contributed by atoms with Crippen LogP contribution < -0.4 is 14.8 Å². The minimum absolute atomic E-state index is 0.0356. The van der Waals surface area contributed by atoms with Crippen molar-refractivity contribution >= 4 is 17.2 Å². The Kier molecular flexibility index (Phi) is 5.04. The van der Waals surface area contributed by atoms with Gasteiger partial charge in [0.15, 0.2) is 11.5 Å². The molecule has 1 atom stereocenters. The molecule has 0 saturated heterocycles. The minimum Gasteiger partial charge on any atom is -0.493 e. The van der Waals surface area contributed by atoms with E-state index in [1.54, 1.807) is 18.4 Å². The van der Waals surface area contributed by atoms with E-state index in [4.69, 9.17) is 9.47 Å². The van der Waals surface area contributed by atoms with Gasteiger partial charge in [-0.05, 0) is 31.9 Å². The van der Waals surface area contributed by atoms with Gasteiger partial charge in [-0.1, -0.05) is 12.1 Å². The van der Waals surface area contributed by atoms with Crippen LogP contribution in [0.15, 0.2) is 18.2 Å². The Morgan fingerprint density at radius 1 is 1.46 bits per heavy atom. The maximum absolute atomic E-state index is 12.4. The van der Waals surface area contributed by atoms with Gasteiger partial charge in [-0.25, -0.2) is 4.98 Å². The number of carbonyl (C=O) groups excluding carboxylic acids is 1. The zero-order valence-corrected chi connectivity index (χ0v) is 15.0. The average molecular weight is 346 g/mol. The summed E-state index contributed by atoms with van der Waals surface area (Å²) in [6, 6.07) is 5.78. The summed E-state index contributed by atoms with van der Waals surface area (Å²) < 4.78 is 11.1. The molecule has 0 fully saturated rings. The van der Waals surface area contributed by atoms with Gasteiger partial charge in [-0.2, -0.15) is 0 Å². The highest BCUT2D eigenvalue weighted by Crippen LogP contribution is 2.36. The second kappa shape index (κ2) is 7.21. The third-order valence-electron chi connectivity index (χ3n) is 4.26.